The van der Waals surface area contributed by atoms with Crippen molar-refractivity contribution in [2.75, 3.05) is 13.2 Å². The highest BCUT2D eigenvalue weighted by Gasteiger charge is 2.24. The maximum Gasteiger partial charge on any atom is 0.412 e. The summed E-state index contributed by atoms with van der Waals surface area (Å²) in [5, 5.41) is 2.77. The average Bonchev–Trinajstić information content (AvgIpc) is 2.89. The number of fused-ring (bicyclic) bond motifs is 1. The van der Waals surface area contributed by atoms with Crippen LogP contribution in [0.3, 0.4) is 0 Å². The highest BCUT2D eigenvalue weighted by Crippen LogP contribution is 2.32. The van der Waals surface area contributed by atoms with Crippen molar-refractivity contribution < 1.29 is 14.3 Å². The van der Waals surface area contributed by atoms with Crippen LogP contribution in [-0.2, 0) is 0 Å². The second-order valence-electron chi connectivity index (χ2n) is 4.63. The minimum Gasteiger partial charge on any atom is -0.493 e. The van der Waals surface area contributed by atoms with Crippen LogP contribution < -0.4 is 14.8 Å². The van der Waals surface area contributed by atoms with E-state index in [2.05, 4.69) is 5.32 Å². The monoisotopic (exact) mass is 269 g/mol. The molecule has 0 aromatic heterocycles. The van der Waals surface area contributed by atoms with Crippen molar-refractivity contribution in [1.29, 1.82) is 0 Å². The molecular formula is C16H15NO3. The molecule has 2 aromatic carbocycles. The van der Waals surface area contributed by atoms with E-state index in [0.29, 0.717) is 18.9 Å². The Bertz CT molecular complexity index is 598. The molecule has 1 aliphatic heterocycles. The molecular weight excluding hydrogens is 254 g/mol. The van der Waals surface area contributed by atoms with E-state index in [-0.39, 0.29) is 5.92 Å². The van der Waals surface area contributed by atoms with Gasteiger partial charge in [0.05, 0.1) is 6.61 Å². The second-order valence-corrected chi connectivity index (χ2v) is 4.63. The molecule has 0 fully saturated rings. The molecule has 4 heteroatoms. The lowest BCUT2D eigenvalue weighted by Crippen LogP contribution is -2.31. The molecule has 1 aliphatic rings. The number of ether oxygens (including phenoxy) is 2. The zero-order chi connectivity index (χ0) is 13.8. The van der Waals surface area contributed by atoms with Crippen molar-refractivity contribution in [3.63, 3.8) is 0 Å². The zero-order valence-electron chi connectivity index (χ0n) is 10.9. The van der Waals surface area contributed by atoms with Crippen LogP contribution >= 0.6 is 0 Å². The van der Waals surface area contributed by atoms with E-state index in [4.69, 9.17) is 9.47 Å². The first-order valence-corrected chi connectivity index (χ1v) is 6.55. The Morgan fingerprint density at radius 3 is 2.75 bits per heavy atom. The van der Waals surface area contributed by atoms with Gasteiger partial charge in [-0.3, -0.25) is 0 Å². The molecule has 4 nitrogen and oxygen atoms in total. The molecule has 2 aromatic rings. The van der Waals surface area contributed by atoms with Crippen molar-refractivity contribution >= 4 is 6.09 Å². The minimum atomic E-state index is -0.444. The number of hydrogen-bond donors (Lipinski definition) is 1. The highest BCUT2D eigenvalue weighted by atomic mass is 16.6. The Labute approximate surface area is 117 Å². The summed E-state index contributed by atoms with van der Waals surface area (Å²) in [5.41, 5.74) is 1.13. The number of para-hydroxylation sites is 2. The Kier molecular flexibility index (Phi) is 3.54. The molecule has 0 aliphatic carbocycles. The van der Waals surface area contributed by atoms with E-state index in [1.54, 1.807) is 12.1 Å². The van der Waals surface area contributed by atoms with Crippen molar-refractivity contribution in [1.82, 2.24) is 5.32 Å². The van der Waals surface area contributed by atoms with E-state index in [1.165, 1.54) is 0 Å². The summed E-state index contributed by atoms with van der Waals surface area (Å²) in [7, 11) is 0. The second kappa shape index (κ2) is 5.65. The van der Waals surface area contributed by atoms with Crippen LogP contribution in [0.2, 0.25) is 0 Å². The van der Waals surface area contributed by atoms with Crippen LogP contribution in [0.25, 0.3) is 0 Å². The number of rotatable bonds is 3. The van der Waals surface area contributed by atoms with Crippen LogP contribution in [-0.4, -0.2) is 19.2 Å². The lowest BCUT2D eigenvalue weighted by Gasteiger charge is -2.10. The summed E-state index contributed by atoms with van der Waals surface area (Å²) < 4.78 is 10.7. The predicted molar refractivity (Wildman–Crippen MR) is 75.1 cm³/mol. The highest BCUT2D eigenvalue weighted by molar-refractivity contribution is 5.70. The summed E-state index contributed by atoms with van der Waals surface area (Å²) in [6.45, 7) is 1.09. The quantitative estimate of drug-likeness (QED) is 0.932. The molecule has 0 saturated heterocycles. The number of carbonyl (C=O) groups is 1. The van der Waals surface area contributed by atoms with Gasteiger partial charge in [-0.1, -0.05) is 36.4 Å². The van der Waals surface area contributed by atoms with E-state index >= 15 is 0 Å². The summed E-state index contributed by atoms with van der Waals surface area (Å²) in [6.07, 6.45) is -0.444. The molecule has 1 heterocycles. The van der Waals surface area contributed by atoms with Gasteiger partial charge >= 0.3 is 6.09 Å². The zero-order valence-corrected chi connectivity index (χ0v) is 10.9. The number of benzene rings is 2. The Hall–Kier alpha value is -2.49. The van der Waals surface area contributed by atoms with Gasteiger partial charge in [0, 0.05) is 18.0 Å². The van der Waals surface area contributed by atoms with Gasteiger partial charge in [0.2, 0.25) is 0 Å². The molecule has 0 bridgehead atoms. The van der Waals surface area contributed by atoms with Crippen LogP contribution in [0.4, 0.5) is 4.79 Å². The van der Waals surface area contributed by atoms with Crippen LogP contribution in [0.1, 0.15) is 11.5 Å². The molecule has 0 saturated carbocycles. The summed E-state index contributed by atoms with van der Waals surface area (Å²) >= 11 is 0. The normalized spacial score (nSPS) is 16.1. The fraction of sp³-hybridized carbons (Fsp3) is 0.188. The van der Waals surface area contributed by atoms with Crippen LogP contribution in [0.15, 0.2) is 54.6 Å². The summed E-state index contributed by atoms with van der Waals surface area (Å²) in [4.78, 5) is 11.7. The van der Waals surface area contributed by atoms with E-state index in [1.807, 2.05) is 42.5 Å². The topological polar surface area (TPSA) is 47.6 Å². The standard InChI is InChI=1S/C16H15NO3/c18-16(20-13-6-2-1-3-7-13)17-10-12-11-19-15-9-5-4-8-14(12)15/h1-9,12H,10-11H2,(H,17,18). The Morgan fingerprint density at radius 1 is 1.15 bits per heavy atom. The predicted octanol–water partition coefficient (Wildman–Crippen LogP) is 2.95. The van der Waals surface area contributed by atoms with Crippen LogP contribution in [0, 0.1) is 0 Å². The van der Waals surface area contributed by atoms with Crippen molar-refractivity contribution in [2.45, 2.75) is 5.92 Å². The third kappa shape index (κ3) is 2.74. The van der Waals surface area contributed by atoms with Gasteiger partial charge in [-0.25, -0.2) is 4.79 Å². The Balaban J connectivity index is 1.54. The van der Waals surface area contributed by atoms with Crippen LogP contribution in [0.5, 0.6) is 11.5 Å². The average molecular weight is 269 g/mol. The molecule has 0 spiro atoms. The van der Waals surface area contributed by atoms with Gasteiger partial charge in [-0.2, -0.15) is 0 Å². The van der Waals surface area contributed by atoms with Gasteiger partial charge in [0.15, 0.2) is 0 Å². The first kappa shape index (κ1) is 12.5. The fourth-order valence-corrected chi connectivity index (χ4v) is 2.24. The van der Waals surface area contributed by atoms with E-state index in [0.717, 1.165) is 11.3 Å². The third-order valence-corrected chi connectivity index (χ3v) is 3.25. The van der Waals surface area contributed by atoms with E-state index < -0.39 is 6.09 Å². The first-order chi connectivity index (χ1) is 9.83. The summed E-state index contributed by atoms with van der Waals surface area (Å²) in [6, 6.07) is 16.9. The minimum absolute atomic E-state index is 0.175. The molecule has 102 valence electrons. The molecule has 1 unspecified atom stereocenters. The molecule has 3 rings (SSSR count). The molecule has 1 amide bonds. The molecule has 1 N–H and O–H groups in total. The van der Waals surface area contributed by atoms with Gasteiger partial charge < -0.3 is 14.8 Å². The van der Waals surface area contributed by atoms with Crippen molar-refractivity contribution in [3.05, 3.63) is 60.2 Å². The fourth-order valence-electron chi connectivity index (χ4n) is 2.24. The number of hydrogen-bond acceptors (Lipinski definition) is 3. The molecule has 1 atom stereocenters. The first-order valence-electron chi connectivity index (χ1n) is 6.55. The number of carbonyl (C=O) groups excluding carboxylic acids is 1. The lowest BCUT2D eigenvalue weighted by molar-refractivity contribution is 0.199. The van der Waals surface area contributed by atoms with E-state index in [9.17, 15) is 4.79 Å². The summed E-state index contributed by atoms with van der Waals surface area (Å²) in [5.74, 6) is 1.61. The maximum absolute atomic E-state index is 11.7. The van der Waals surface area contributed by atoms with Gasteiger partial charge in [-0.15, -0.1) is 0 Å². The lowest BCUT2D eigenvalue weighted by atomic mass is 10.0. The maximum atomic E-state index is 11.7. The van der Waals surface area contributed by atoms with Crippen molar-refractivity contribution in [2.24, 2.45) is 0 Å². The molecule has 0 radical (unpaired) electrons. The van der Waals surface area contributed by atoms with Gasteiger partial charge in [0.25, 0.3) is 0 Å². The smallest absolute Gasteiger partial charge is 0.412 e. The largest absolute Gasteiger partial charge is 0.493 e. The Morgan fingerprint density at radius 2 is 1.90 bits per heavy atom. The molecule has 20 heavy (non-hydrogen) atoms. The number of amides is 1. The van der Waals surface area contributed by atoms with Gasteiger partial charge in [-0.05, 0) is 18.2 Å². The number of nitrogens with one attached hydrogen (secondary N) is 1. The van der Waals surface area contributed by atoms with Crippen molar-refractivity contribution in [3.8, 4) is 11.5 Å². The third-order valence-electron chi connectivity index (χ3n) is 3.25. The SMILES string of the molecule is O=C(NCC1COc2ccccc21)Oc1ccccc1. The van der Waals surface area contributed by atoms with Gasteiger partial charge in [0.1, 0.15) is 11.5 Å².